The van der Waals surface area contributed by atoms with Gasteiger partial charge in [-0.05, 0) is 25.2 Å². The number of hydrogen-bond donors (Lipinski definition) is 2. The van der Waals surface area contributed by atoms with E-state index in [-0.39, 0.29) is 0 Å². The Balaban J connectivity index is 2.06. The lowest BCUT2D eigenvalue weighted by molar-refractivity contribution is -0.110. The normalized spacial score (nSPS) is 23.1. The van der Waals surface area contributed by atoms with Gasteiger partial charge in [-0.3, -0.25) is 10.2 Å². The third-order valence-corrected chi connectivity index (χ3v) is 1.93. The number of amides is 1. The highest BCUT2D eigenvalue weighted by atomic mass is 16.1. The minimum atomic E-state index is 0.665. The Morgan fingerprint density at radius 3 is 3.09 bits per heavy atom. The van der Waals surface area contributed by atoms with Crippen LogP contribution in [-0.4, -0.2) is 13.0 Å². The van der Waals surface area contributed by atoms with Gasteiger partial charge in [0.1, 0.15) is 0 Å². The van der Waals surface area contributed by atoms with Crippen molar-refractivity contribution in [1.82, 2.24) is 10.9 Å². The number of carbonyl (C=O) groups is 1. The second kappa shape index (κ2) is 4.91. The Morgan fingerprint density at radius 1 is 1.55 bits per heavy atom. The molecule has 3 heteroatoms. The van der Waals surface area contributed by atoms with Crippen LogP contribution in [0.4, 0.5) is 0 Å². The maximum Gasteiger partial charge on any atom is 0.221 e. The molecule has 0 saturated heterocycles. The largest absolute Gasteiger partial charge is 0.294 e. The molecule has 3 nitrogen and oxygen atoms in total. The second-order valence-electron chi connectivity index (χ2n) is 2.79. The molecule has 0 aromatic rings. The van der Waals surface area contributed by atoms with Crippen LogP contribution in [-0.2, 0) is 4.79 Å². The van der Waals surface area contributed by atoms with Crippen LogP contribution in [0.25, 0.3) is 0 Å². The third kappa shape index (κ3) is 3.18. The zero-order chi connectivity index (χ0) is 7.94. The monoisotopic (exact) mass is 154 g/mol. The van der Waals surface area contributed by atoms with E-state index in [9.17, 15) is 4.79 Å². The van der Waals surface area contributed by atoms with Crippen molar-refractivity contribution >= 4 is 6.41 Å². The van der Waals surface area contributed by atoms with Gasteiger partial charge in [0.15, 0.2) is 0 Å². The third-order valence-electron chi connectivity index (χ3n) is 1.93. The van der Waals surface area contributed by atoms with Crippen molar-refractivity contribution in [2.75, 3.05) is 6.54 Å². The van der Waals surface area contributed by atoms with E-state index < -0.39 is 0 Å². The van der Waals surface area contributed by atoms with Gasteiger partial charge in [-0.25, -0.2) is 5.43 Å². The molecule has 0 heterocycles. The van der Waals surface area contributed by atoms with Crippen molar-refractivity contribution in [1.29, 1.82) is 0 Å². The molecule has 2 N–H and O–H groups in total. The van der Waals surface area contributed by atoms with E-state index in [4.69, 9.17) is 0 Å². The molecule has 0 fully saturated rings. The highest BCUT2D eigenvalue weighted by Crippen LogP contribution is 2.16. The van der Waals surface area contributed by atoms with Crippen LogP contribution < -0.4 is 10.9 Å². The van der Waals surface area contributed by atoms with Crippen molar-refractivity contribution in [3.63, 3.8) is 0 Å². The van der Waals surface area contributed by atoms with Crippen LogP contribution in [0.3, 0.4) is 0 Å². The maximum absolute atomic E-state index is 9.86. The van der Waals surface area contributed by atoms with E-state index >= 15 is 0 Å². The molecule has 1 aliphatic carbocycles. The summed E-state index contributed by atoms with van der Waals surface area (Å²) in [6.07, 6.45) is 8.62. The van der Waals surface area contributed by atoms with Crippen molar-refractivity contribution < 1.29 is 4.79 Å². The first-order chi connectivity index (χ1) is 5.43. The molecule has 0 aromatic carbocycles. The fourth-order valence-electron chi connectivity index (χ4n) is 1.29. The fourth-order valence-corrected chi connectivity index (χ4v) is 1.29. The minimum absolute atomic E-state index is 0.665. The van der Waals surface area contributed by atoms with Crippen molar-refractivity contribution in [2.24, 2.45) is 5.92 Å². The molecule has 1 unspecified atom stereocenters. The standard InChI is InChI=1S/C8H14N2O/c11-7-10-9-6-8-4-2-1-3-5-8/h1-2,7-9H,3-6H2,(H,10,11). The number of allylic oxidation sites excluding steroid dienone is 2. The Hall–Kier alpha value is -0.830. The molecule has 1 rings (SSSR count). The molecule has 11 heavy (non-hydrogen) atoms. The van der Waals surface area contributed by atoms with Crippen LogP contribution in [0.5, 0.6) is 0 Å². The number of hydrogen-bond acceptors (Lipinski definition) is 2. The summed E-state index contributed by atoms with van der Waals surface area (Å²) in [5, 5.41) is 0. The smallest absolute Gasteiger partial charge is 0.221 e. The molecular formula is C8H14N2O. The summed E-state index contributed by atoms with van der Waals surface area (Å²) >= 11 is 0. The van der Waals surface area contributed by atoms with E-state index in [1.54, 1.807) is 0 Å². The Labute approximate surface area is 66.8 Å². The summed E-state index contributed by atoms with van der Waals surface area (Å²) in [6.45, 7) is 0.878. The van der Waals surface area contributed by atoms with Gasteiger partial charge in [-0.1, -0.05) is 12.2 Å². The van der Waals surface area contributed by atoms with E-state index in [0.29, 0.717) is 12.3 Å². The van der Waals surface area contributed by atoms with Crippen molar-refractivity contribution in [3.05, 3.63) is 12.2 Å². The summed E-state index contributed by atoms with van der Waals surface area (Å²) in [5.74, 6) is 0.687. The molecule has 0 radical (unpaired) electrons. The predicted octanol–water partition coefficient (Wildman–Crippen LogP) is 0.593. The Bertz CT molecular complexity index is 145. The highest BCUT2D eigenvalue weighted by molar-refractivity contribution is 5.44. The van der Waals surface area contributed by atoms with Gasteiger partial charge in [0.2, 0.25) is 6.41 Å². The number of nitrogens with one attached hydrogen (secondary N) is 2. The van der Waals surface area contributed by atoms with Crippen LogP contribution in [0.15, 0.2) is 12.2 Å². The maximum atomic E-state index is 9.86. The van der Waals surface area contributed by atoms with Gasteiger partial charge in [-0.15, -0.1) is 0 Å². The molecule has 62 valence electrons. The van der Waals surface area contributed by atoms with Gasteiger partial charge >= 0.3 is 0 Å². The number of rotatable bonds is 4. The van der Waals surface area contributed by atoms with E-state index in [1.807, 2.05) is 0 Å². The van der Waals surface area contributed by atoms with E-state index in [2.05, 4.69) is 23.0 Å². The van der Waals surface area contributed by atoms with Gasteiger partial charge in [0, 0.05) is 6.54 Å². The molecule has 0 saturated carbocycles. The molecule has 0 aliphatic heterocycles. The Kier molecular flexibility index (Phi) is 3.69. The van der Waals surface area contributed by atoms with Crippen molar-refractivity contribution in [3.8, 4) is 0 Å². The van der Waals surface area contributed by atoms with Gasteiger partial charge < -0.3 is 0 Å². The lowest BCUT2D eigenvalue weighted by Crippen LogP contribution is -2.34. The lowest BCUT2D eigenvalue weighted by atomic mass is 9.95. The zero-order valence-corrected chi connectivity index (χ0v) is 6.55. The summed E-state index contributed by atoms with van der Waals surface area (Å²) in [7, 11) is 0. The zero-order valence-electron chi connectivity index (χ0n) is 6.55. The van der Waals surface area contributed by atoms with Crippen LogP contribution in [0.2, 0.25) is 0 Å². The van der Waals surface area contributed by atoms with Gasteiger partial charge in [0.05, 0.1) is 0 Å². The molecule has 0 aromatic heterocycles. The predicted molar refractivity (Wildman–Crippen MR) is 43.7 cm³/mol. The Morgan fingerprint density at radius 2 is 2.45 bits per heavy atom. The molecular weight excluding hydrogens is 140 g/mol. The van der Waals surface area contributed by atoms with Crippen LogP contribution in [0.1, 0.15) is 19.3 Å². The lowest BCUT2D eigenvalue weighted by Gasteiger charge is -2.17. The van der Waals surface area contributed by atoms with E-state index in [0.717, 1.165) is 13.0 Å². The molecule has 1 atom stereocenters. The van der Waals surface area contributed by atoms with Gasteiger partial charge in [-0.2, -0.15) is 0 Å². The van der Waals surface area contributed by atoms with E-state index in [1.165, 1.54) is 12.8 Å². The van der Waals surface area contributed by atoms with Crippen LogP contribution in [0, 0.1) is 5.92 Å². The summed E-state index contributed by atoms with van der Waals surface area (Å²) < 4.78 is 0. The average Bonchev–Trinajstić information content (AvgIpc) is 2.07. The first-order valence-corrected chi connectivity index (χ1v) is 4.00. The summed E-state index contributed by atoms with van der Waals surface area (Å²) in [6, 6.07) is 0. The average molecular weight is 154 g/mol. The SMILES string of the molecule is O=CNNCC1CC=CCC1. The van der Waals surface area contributed by atoms with Gasteiger partial charge in [0.25, 0.3) is 0 Å². The molecule has 1 aliphatic rings. The van der Waals surface area contributed by atoms with Crippen LogP contribution >= 0.6 is 0 Å². The highest BCUT2D eigenvalue weighted by Gasteiger charge is 2.07. The molecule has 0 bridgehead atoms. The number of carbonyl (C=O) groups excluding carboxylic acids is 1. The van der Waals surface area contributed by atoms with Crippen molar-refractivity contribution in [2.45, 2.75) is 19.3 Å². The molecule has 1 amide bonds. The first kappa shape index (κ1) is 8.27. The quantitative estimate of drug-likeness (QED) is 0.269. The number of hydrazine groups is 1. The minimum Gasteiger partial charge on any atom is -0.294 e. The molecule has 0 spiro atoms. The second-order valence-corrected chi connectivity index (χ2v) is 2.79. The first-order valence-electron chi connectivity index (χ1n) is 4.00. The summed E-state index contributed by atoms with van der Waals surface area (Å²) in [5.41, 5.74) is 5.29. The summed E-state index contributed by atoms with van der Waals surface area (Å²) in [4.78, 5) is 9.86. The fraction of sp³-hybridized carbons (Fsp3) is 0.625. The topological polar surface area (TPSA) is 41.1 Å².